The highest BCUT2D eigenvalue weighted by Gasteiger charge is 2.59. The molecule has 0 aromatic heterocycles. The molecular weight excluding hydrogens is 1410 g/mol. The number of allylic oxidation sites excluding steroid dienone is 4. The Labute approximate surface area is 589 Å². The quantitative estimate of drug-likeness (QED) is 0.00665. The van der Waals surface area contributed by atoms with Crippen LogP contribution in [-0.2, 0) is 90.7 Å². The van der Waals surface area contributed by atoms with Crippen molar-refractivity contribution in [3.8, 4) is 0 Å². The molecule has 2 spiro atoms. The molecule has 544 valence electrons. The molecule has 4 amide bonds. The average molecular weight is 1510 g/mol. The van der Waals surface area contributed by atoms with Crippen LogP contribution in [0.1, 0.15) is 153 Å². The number of nitrogens with two attached hydrogens (primary N) is 1. The normalized spacial score (nSPS) is 31.4. The average Bonchev–Trinajstić information content (AvgIpc) is 1.61. The first-order valence-corrected chi connectivity index (χ1v) is 35.3. The van der Waals surface area contributed by atoms with Gasteiger partial charge in [0.1, 0.15) is 70.5 Å². The first kappa shape index (κ1) is 82.4. The fourth-order valence-electron chi connectivity index (χ4n) is 12.0. The van der Waals surface area contributed by atoms with Crippen LogP contribution >= 0.6 is 31.9 Å². The molecule has 7 aliphatic rings. The van der Waals surface area contributed by atoms with E-state index < -0.39 is 89.8 Å². The number of hydrogen-bond donors (Lipinski definition) is 7. The highest BCUT2D eigenvalue weighted by Crippen LogP contribution is 2.45. The number of carbonyl (C=O) groups excluding carboxylic acids is 10. The molecule has 7 rings (SSSR count). The number of aliphatic hydroxyl groups is 2. The molecule has 0 aromatic carbocycles. The lowest BCUT2D eigenvalue weighted by molar-refractivity contribution is -0.195. The van der Waals surface area contributed by atoms with Gasteiger partial charge >= 0.3 is 17.9 Å². The summed E-state index contributed by atoms with van der Waals surface area (Å²) in [6, 6.07) is -0.281. The topological polar surface area (TPSA) is 402 Å². The summed E-state index contributed by atoms with van der Waals surface area (Å²) in [5.74, 6) is -3.18. The molecule has 27 nitrogen and oxygen atoms in total. The second kappa shape index (κ2) is 39.1. The van der Waals surface area contributed by atoms with Crippen LogP contribution in [0.15, 0.2) is 71.9 Å². The Bertz CT molecular complexity index is 3050. The summed E-state index contributed by atoms with van der Waals surface area (Å²) in [5, 5.41) is 43.6. The van der Waals surface area contributed by atoms with Gasteiger partial charge in [-0.2, -0.15) is 0 Å². The Hall–Kier alpha value is -6.28. The van der Waals surface area contributed by atoms with Crippen molar-refractivity contribution in [1.29, 1.82) is 10.8 Å². The van der Waals surface area contributed by atoms with Crippen molar-refractivity contribution in [2.24, 2.45) is 17.6 Å². The molecule has 0 saturated carbocycles. The summed E-state index contributed by atoms with van der Waals surface area (Å²) in [6.07, 6.45) is 16.0. The van der Waals surface area contributed by atoms with Crippen molar-refractivity contribution in [2.75, 3.05) is 23.9 Å². The number of ketones is 3. The van der Waals surface area contributed by atoms with Gasteiger partial charge < -0.3 is 74.7 Å². The minimum absolute atomic E-state index is 0.0163. The van der Waals surface area contributed by atoms with Gasteiger partial charge in [0.2, 0.25) is 11.8 Å². The van der Waals surface area contributed by atoms with Crippen LogP contribution in [0, 0.1) is 22.7 Å². The Morgan fingerprint density at radius 1 is 0.633 bits per heavy atom. The second-order valence-electron chi connectivity index (χ2n) is 26.3. The minimum Gasteiger partial charge on any atom is -0.459 e. The lowest BCUT2D eigenvalue weighted by atomic mass is 9.86. The van der Waals surface area contributed by atoms with Crippen LogP contribution in [0.25, 0.3) is 0 Å². The van der Waals surface area contributed by atoms with E-state index in [2.05, 4.69) is 73.3 Å². The number of hydroxylamine groups is 2. The maximum absolute atomic E-state index is 12.6. The number of Topliss-reactive ketones (excluding diaryl/α,β-unsaturated/α-hetero) is 3. The van der Waals surface area contributed by atoms with E-state index in [4.69, 9.17) is 54.4 Å². The lowest BCUT2D eigenvalue weighted by Gasteiger charge is -2.39. The Kier molecular flexibility index (Phi) is 32.8. The van der Waals surface area contributed by atoms with Crippen molar-refractivity contribution >= 4 is 102 Å². The fourth-order valence-corrected chi connectivity index (χ4v) is 12.3. The number of imide groups is 1. The third-order valence-corrected chi connectivity index (χ3v) is 18.5. The molecule has 0 bridgehead atoms. The summed E-state index contributed by atoms with van der Waals surface area (Å²) in [4.78, 5) is 120. The van der Waals surface area contributed by atoms with Crippen molar-refractivity contribution in [3.63, 3.8) is 0 Å². The highest BCUT2D eigenvalue weighted by molar-refractivity contribution is 9.09. The number of hydrogen-bond acceptors (Lipinski definition) is 23. The second-order valence-corrected chi connectivity index (χ2v) is 27.4. The molecule has 7 aliphatic heterocycles. The third kappa shape index (κ3) is 27.3. The molecule has 98 heavy (non-hydrogen) atoms. The van der Waals surface area contributed by atoms with Crippen LogP contribution in [0.2, 0.25) is 0 Å². The van der Waals surface area contributed by atoms with E-state index in [9.17, 15) is 58.2 Å². The molecule has 18 atom stereocenters. The van der Waals surface area contributed by atoms with Crippen molar-refractivity contribution < 1.29 is 101 Å². The molecule has 0 radical (unpaired) electrons. The van der Waals surface area contributed by atoms with Crippen molar-refractivity contribution in [3.05, 3.63) is 71.9 Å². The standard InChI is InChI=1S/C33H47BrN2O9.C30H45N3O8.C6H6BrNO4/c1-19(6-9-29-20(2)12-28(22(4)44-29)36-31(40)11-8-21(3)43-23(5)37)7-10-30-32(41)33(18-42-33)16-27(45-30)15-25(38)13-24(35)14-26(39)17-34;1-17(7-10-26-29(37)30(16-38-30)15-23(41-26)13-22(35)14-27(31)32)6-9-25-18(2)12-24(20(4)40-25)33-28(36)11-8-19(3)39-21(5)34;7-3-6(11)12-8-4(9)1-2-5(8)10/h6-8,10-11,20-22,27-30,32,35,41H,9,12-18H2,1-5H3,(H,36,40);6-8,10-11,18-20,23-26,29,37H,9,12-16H2,1-5H3,(H3,31,32)(H,33,36);1-3H2/b10-7+,11-8-,19-6+,35-24?;10-7+,11-8-,17-6+;/t20-,21-,22+,27+,28+,29-,30+,32+,33+;18-,19-,20+,23+,24+,25-,26+,29+,30+;/m00./s1. The zero-order chi connectivity index (χ0) is 72.8. The maximum atomic E-state index is 12.6. The number of rotatable bonds is 29. The summed E-state index contributed by atoms with van der Waals surface area (Å²) >= 11 is 5.91. The predicted molar refractivity (Wildman–Crippen MR) is 364 cm³/mol. The van der Waals surface area contributed by atoms with Gasteiger partial charge in [0.25, 0.3) is 11.8 Å². The zero-order valence-electron chi connectivity index (χ0n) is 57.5. The Morgan fingerprint density at radius 2 is 1.03 bits per heavy atom. The maximum Gasteiger partial charge on any atom is 0.343 e. The number of amides is 4. The number of ether oxygens (including phenoxy) is 8. The SMILES string of the molecule is CC(=O)O[C@@H](C)/C=C\C(=O)N[C@@H]1C[C@H](C)[C@H](C/C=C(C)/C=C/[C@H]2O[C@H](CC(=O)CC(=N)CC(=O)CBr)C[C@@]3(CO3)[C@@H]2O)O[C@@H]1C.CC(=O)O[C@@H](C)/C=C\C(=O)N[C@@H]1C[C@H](C)[C@H](C/C=C(C)/C=C/[C@H]2O[C@H](CC(=O)CC(=N)N)C[C@@]3(CO3)[C@@H]2O)O[C@@H]1C.O=C(CBr)ON1C(=O)CCC1=O. The summed E-state index contributed by atoms with van der Waals surface area (Å²) in [7, 11) is 0. The predicted octanol–water partition coefficient (Wildman–Crippen LogP) is 5.94. The zero-order valence-corrected chi connectivity index (χ0v) is 60.6. The van der Waals surface area contributed by atoms with Crippen LogP contribution in [0.3, 0.4) is 0 Å². The van der Waals surface area contributed by atoms with Gasteiger partial charge in [0.05, 0.1) is 79.5 Å². The molecule has 7 saturated heterocycles. The minimum atomic E-state index is -0.864. The van der Waals surface area contributed by atoms with Crippen molar-refractivity contribution in [2.45, 2.75) is 249 Å². The van der Waals surface area contributed by atoms with Crippen LogP contribution in [-0.4, -0.2) is 206 Å². The van der Waals surface area contributed by atoms with Gasteiger partial charge in [-0.05, 0) is 91.2 Å². The first-order chi connectivity index (χ1) is 46.1. The summed E-state index contributed by atoms with van der Waals surface area (Å²) < 4.78 is 45.9. The van der Waals surface area contributed by atoms with E-state index in [-0.39, 0.29) is 145 Å². The van der Waals surface area contributed by atoms with E-state index in [1.807, 2.05) is 39.8 Å². The molecule has 0 aromatic rings. The molecule has 0 unspecified atom stereocenters. The number of epoxide rings is 2. The van der Waals surface area contributed by atoms with Crippen LogP contribution < -0.4 is 16.4 Å². The number of alkyl halides is 2. The van der Waals surface area contributed by atoms with E-state index in [1.54, 1.807) is 32.1 Å². The smallest absolute Gasteiger partial charge is 0.343 e. The molecule has 29 heteroatoms. The molecule has 8 N–H and O–H groups in total. The van der Waals surface area contributed by atoms with Crippen molar-refractivity contribution in [1.82, 2.24) is 15.7 Å². The number of carbonyl (C=O) groups is 10. The summed E-state index contributed by atoms with van der Waals surface area (Å²) in [6.45, 7) is 18.8. The fraction of sp³-hybridized carbons (Fsp3) is 0.652. The number of aliphatic hydroxyl groups excluding tert-OH is 2. The van der Waals surface area contributed by atoms with Gasteiger partial charge in [-0.15, -0.1) is 5.06 Å². The van der Waals surface area contributed by atoms with Gasteiger partial charge in [0.15, 0.2) is 0 Å². The van der Waals surface area contributed by atoms with E-state index in [0.29, 0.717) is 44.0 Å². The molecule has 7 fully saturated rings. The number of amidine groups is 1. The number of halogens is 2. The van der Waals surface area contributed by atoms with Crippen LogP contribution in [0.5, 0.6) is 0 Å². The first-order valence-electron chi connectivity index (χ1n) is 33.0. The number of nitrogens with one attached hydrogen (secondary N) is 4. The lowest BCUT2D eigenvalue weighted by Crippen LogP contribution is -2.50. The number of nitrogens with zero attached hydrogens (tertiary/aromatic N) is 1. The molecular formula is C69H98Br2N6O21. The molecule has 7 heterocycles. The monoisotopic (exact) mass is 1500 g/mol. The largest absolute Gasteiger partial charge is 0.459 e. The van der Waals surface area contributed by atoms with E-state index in [0.717, 1.165) is 24.0 Å². The van der Waals surface area contributed by atoms with Gasteiger partial charge in [0, 0.05) is 83.1 Å². The van der Waals surface area contributed by atoms with Gasteiger partial charge in [-0.3, -0.25) is 48.6 Å². The van der Waals surface area contributed by atoms with E-state index >= 15 is 0 Å². The third-order valence-electron chi connectivity index (χ3n) is 17.4. The van der Waals surface area contributed by atoms with Gasteiger partial charge in [-0.1, -0.05) is 93.3 Å². The Morgan fingerprint density at radius 3 is 1.40 bits per heavy atom. The number of esters is 2. The molecule has 0 aliphatic carbocycles. The highest BCUT2D eigenvalue weighted by atomic mass is 79.9. The van der Waals surface area contributed by atoms with E-state index in [1.165, 1.54) is 32.1 Å². The van der Waals surface area contributed by atoms with Crippen LogP contribution in [0.4, 0.5) is 0 Å². The summed E-state index contributed by atoms with van der Waals surface area (Å²) in [5.41, 5.74) is 5.97. The van der Waals surface area contributed by atoms with Gasteiger partial charge in [-0.25, -0.2) is 4.79 Å². The Balaban J connectivity index is 0.000000303.